The van der Waals surface area contributed by atoms with E-state index >= 15 is 0 Å². The van der Waals surface area contributed by atoms with Crippen molar-refractivity contribution >= 4 is 82.5 Å². The number of carbonyl (C=O) groups is 2. The number of esters is 2. The Balaban J connectivity index is 1.41. The van der Waals surface area contributed by atoms with Gasteiger partial charge in [-0.25, -0.2) is 9.59 Å². The van der Waals surface area contributed by atoms with Crippen molar-refractivity contribution < 1.29 is 19.1 Å². The van der Waals surface area contributed by atoms with E-state index in [2.05, 4.69) is 24.0 Å². The van der Waals surface area contributed by atoms with Crippen LogP contribution in [-0.2, 0) is 19.1 Å². The first kappa shape index (κ1) is 25.3. The summed E-state index contributed by atoms with van der Waals surface area (Å²) in [5.74, 6) is 1.53. The summed E-state index contributed by atoms with van der Waals surface area (Å²) >= 11 is 11.2. The van der Waals surface area contributed by atoms with Gasteiger partial charge in [-0.05, 0) is 35.2 Å². The van der Waals surface area contributed by atoms with Gasteiger partial charge < -0.3 is 9.47 Å². The first-order chi connectivity index (χ1) is 14.1. The third kappa shape index (κ3) is 10.7. The molecule has 2 heterocycles. The zero-order chi connectivity index (χ0) is 20.9. The molecule has 0 aromatic carbocycles. The standard InChI is InChI=1S/C19H24O4S6/c1-3-16(20)22-9-14-11-26-18(28-14)5-7-24-13-25-8-6-19-27-12-15(29-19)10-23-17(21)4-2/h3-4,11-12,18-19H,1-2,5-10,13H2. The average Bonchev–Trinajstić information content (AvgIpc) is 3.38. The fourth-order valence-electron chi connectivity index (χ4n) is 2.08. The van der Waals surface area contributed by atoms with E-state index in [1.165, 1.54) is 12.2 Å². The number of thioether (sulfide) groups is 6. The van der Waals surface area contributed by atoms with Crippen LogP contribution in [0.2, 0.25) is 0 Å². The van der Waals surface area contributed by atoms with Gasteiger partial charge >= 0.3 is 11.9 Å². The van der Waals surface area contributed by atoms with Crippen molar-refractivity contribution in [2.24, 2.45) is 0 Å². The predicted molar refractivity (Wildman–Crippen MR) is 135 cm³/mol. The molecular formula is C19H24O4S6. The molecule has 0 aromatic heterocycles. The maximum Gasteiger partial charge on any atom is 0.330 e. The number of carbonyl (C=O) groups excluding carboxylic acids is 2. The van der Waals surface area contributed by atoms with Crippen LogP contribution in [0.4, 0.5) is 0 Å². The van der Waals surface area contributed by atoms with Gasteiger partial charge in [0.2, 0.25) is 0 Å². The molecule has 10 heteroatoms. The summed E-state index contributed by atoms with van der Waals surface area (Å²) in [4.78, 5) is 24.4. The molecule has 0 radical (unpaired) electrons. The maximum atomic E-state index is 11.1. The van der Waals surface area contributed by atoms with Gasteiger partial charge in [-0.3, -0.25) is 0 Å². The lowest BCUT2D eigenvalue weighted by Crippen LogP contribution is -2.03. The van der Waals surface area contributed by atoms with Crippen LogP contribution < -0.4 is 0 Å². The van der Waals surface area contributed by atoms with Crippen LogP contribution in [0.3, 0.4) is 0 Å². The first-order valence-electron chi connectivity index (χ1n) is 8.87. The van der Waals surface area contributed by atoms with Crippen molar-refractivity contribution in [1.82, 2.24) is 0 Å². The second-order valence-electron chi connectivity index (χ2n) is 5.67. The lowest BCUT2D eigenvalue weighted by Gasteiger charge is -2.10. The molecule has 2 aliphatic rings. The lowest BCUT2D eigenvalue weighted by molar-refractivity contribution is -0.137. The van der Waals surface area contributed by atoms with Crippen LogP contribution in [0.1, 0.15) is 12.8 Å². The Bertz CT molecular complexity index is 595. The highest BCUT2D eigenvalue weighted by atomic mass is 32.2. The Labute approximate surface area is 198 Å². The van der Waals surface area contributed by atoms with Crippen molar-refractivity contribution in [2.75, 3.05) is 29.8 Å². The highest BCUT2D eigenvalue weighted by Gasteiger charge is 2.20. The molecule has 0 saturated heterocycles. The molecule has 160 valence electrons. The third-order valence-electron chi connectivity index (χ3n) is 3.48. The van der Waals surface area contributed by atoms with Gasteiger partial charge in [0.05, 0.1) is 9.16 Å². The Morgan fingerprint density at radius 3 is 1.76 bits per heavy atom. The smallest absolute Gasteiger partial charge is 0.330 e. The molecule has 2 unspecified atom stereocenters. The van der Waals surface area contributed by atoms with E-state index in [0.717, 1.165) is 39.2 Å². The van der Waals surface area contributed by atoms with E-state index in [-0.39, 0.29) is 11.9 Å². The van der Waals surface area contributed by atoms with E-state index in [1.807, 2.05) is 47.0 Å². The molecule has 0 fully saturated rings. The molecule has 2 aliphatic heterocycles. The molecule has 4 nitrogen and oxygen atoms in total. The van der Waals surface area contributed by atoms with Crippen LogP contribution in [0.25, 0.3) is 0 Å². The van der Waals surface area contributed by atoms with Crippen molar-refractivity contribution in [3.63, 3.8) is 0 Å². The summed E-state index contributed by atoms with van der Waals surface area (Å²) in [7, 11) is 0. The minimum Gasteiger partial charge on any atom is -0.457 e. The zero-order valence-corrected chi connectivity index (χ0v) is 20.8. The molecule has 0 N–H and O–H groups in total. The molecule has 2 atom stereocenters. The summed E-state index contributed by atoms with van der Waals surface area (Å²) in [5, 5.41) is 5.31. The van der Waals surface area contributed by atoms with Crippen molar-refractivity contribution in [3.8, 4) is 0 Å². The minimum atomic E-state index is -0.370. The molecule has 0 amide bonds. The van der Waals surface area contributed by atoms with Gasteiger partial charge in [-0.1, -0.05) is 13.2 Å². The SMILES string of the molecule is C=CC(=O)OCC1=CSC(CCSCSCCC2SC=C(COC(=O)C=C)S2)S1. The van der Waals surface area contributed by atoms with Crippen LogP contribution in [0.15, 0.2) is 45.9 Å². The fourth-order valence-corrected chi connectivity index (χ4v) is 9.85. The number of rotatable bonds is 14. The molecule has 0 aromatic rings. The second-order valence-corrected chi connectivity index (χ2v) is 13.7. The minimum absolute atomic E-state index is 0.354. The fraction of sp³-hybridized carbons (Fsp3) is 0.474. The predicted octanol–water partition coefficient (Wildman–Crippen LogP) is 5.94. The Hall–Kier alpha value is -0.000000000000000222. The van der Waals surface area contributed by atoms with Gasteiger partial charge in [-0.15, -0.1) is 47.0 Å². The van der Waals surface area contributed by atoms with E-state index < -0.39 is 0 Å². The zero-order valence-electron chi connectivity index (χ0n) is 15.9. The molecule has 0 saturated carbocycles. The summed E-state index contributed by atoms with van der Waals surface area (Å²) < 4.78 is 11.2. The highest BCUT2D eigenvalue weighted by molar-refractivity contribution is 8.23. The summed E-state index contributed by atoms with van der Waals surface area (Å²) in [5.41, 5.74) is 0. The van der Waals surface area contributed by atoms with Crippen LogP contribution in [0, 0.1) is 0 Å². The maximum absolute atomic E-state index is 11.1. The monoisotopic (exact) mass is 508 g/mol. The van der Waals surface area contributed by atoms with Gasteiger partial charge in [0.1, 0.15) is 13.2 Å². The molecule has 0 spiro atoms. The molecule has 0 aliphatic carbocycles. The largest absolute Gasteiger partial charge is 0.457 e. The van der Waals surface area contributed by atoms with E-state index in [1.54, 1.807) is 23.5 Å². The summed E-state index contributed by atoms with van der Waals surface area (Å²) in [6, 6.07) is 0. The van der Waals surface area contributed by atoms with Gasteiger partial charge in [-0.2, -0.15) is 23.5 Å². The van der Waals surface area contributed by atoms with Gasteiger partial charge in [0.25, 0.3) is 0 Å². The van der Waals surface area contributed by atoms with Crippen molar-refractivity contribution in [3.05, 3.63) is 45.9 Å². The number of ether oxygens (including phenoxy) is 2. The van der Waals surface area contributed by atoms with Gasteiger partial charge in [0, 0.05) is 27.0 Å². The summed E-state index contributed by atoms with van der Waals surface area (Å²) in [6.07, 6.45) is 4.67. The number of hydrogen-bond acceptors (Lipinski definition) is 10. The quantitative estimate of drug-likeness (QED) is 0.122. The highest BCUT2D eigenvalue weighted by Crippen LogP contribution is 2.43. The molecule has 29 heavy (non-hydrogen) atoms. The van der Waals surface area contributed by atoms with Crippen molar-refractivity contribution in [1.29, 1.82) is 0 Å². The van der Waals surface area contributed by atoms with Gasteiger partial charge in [0.15, 0.2) is 0 Å². The topological polar surface area (TPSA) is 52.6 Å². The first-order valence-corrected chi connectivity index (χ1v) is 14.8. The molecule has 2 rings (SSSR count). The second kappa shape index (κ2) is 14.9. The number of hydrogen-bond donors (Lipinski definition) is 0. The van der Waals surface area contributed by atoms with Crippen LogP contribution in [-0.4, -0.2) is 50.9 Å². The average molecular weight is 509 g/mol. The van der Waals surface area contributed by atoms with Crippen molar-refractivity contribution in [2.45, 2.75) is 22.0 Å². The third-order valence-corrected chi connectivity index (χ3v) is 11.4. The normalized spacial score (nSPS) is 20.7. The van der Waals surface area contributed by atoms with E-state index in [9.17, 15) is 9.59 Å². The molecule has 0 bridgehead atoms. The Kier molecular flexibility index (Phi) is 13.0. The Morgan fingerprint density at radius 2 is 1.34 bits per heavy atom. The van der Waals surface area contributed by atoms with Crippen LogP contribution >= 0.6 is 70.6 Å². The van der Waals surface area contributed by atoms with Crippen LogP contribution in [0.5, 0.6) is 0 Å². The summed E-state index contributed by atoms with van der Waals surface area (Å²) in [6.45, 7) is 7.50. The van der Waals surface area contributed by atoms with E-state index in [0.29, 0.717) is 22.4 Å². The van der Waals surface area contributed by atoms with E-state index in [4.69, 9.17) is 9.47 Å². The Morgan fingerprint density at radius 1 is 0.897 bits per heavy atom. The molecular weight excluding hydrogens is 485 g/mol. The lowest BCUT2D eigenvalue weighted by atomic mass is 10.6.